The fraction of sp³-hybridized carbons (Fsp3) is 0.227. The third kappa shape index (κ3) is 4.15. The molecule has 1 aliphatic heterocycles. The molecule has 1 saturated heterocycles. The minimum absolute atomic E-state index is 0.0105. The number of aromatic hydroxyl groups is 1. The Bertz CT molecular complexity index is 1270. The van der Waals surface area contributed by atoms with Crippen molar-refractivity contribution in [3.8, 4) is 5.75 Å². The maximum atomic E-state index is 12.9. The van der Waals surface area contributed by atoms with Crippen LogP contribution < -0.4 is 0 Å². The van der Waals surface area contributed by atoms with Crippen molar-refractivity contribution in [1.29, 1.82) is 0 Å². The summed E-state index contributed by atoms with van der Waals surface area (Å²) in [7, 11) is -4.00. The minimum Gasteiger partial charge on any atom is -0.507 e. The zero-order chi connectivity index (χ0) is 23.1. The summed E-state index contributed by atoms with van der Waals surface area (Å²) in [6, 6.07) is 13.7. The van der Waals surface area contributed by atoms with E-state index in [0.29, 0.717) is 0 Å². The van der Waals surface area contributed by atoms with Gasteiger partial charge >= 0.3 is 6.18 Å². The molecule has 0 aromatic heterocycles. The lowest BCUT2D eigenvalue weighted by Gasteiger charge is -2.34. The van der Waals surface area contributed by atoms with E-state index in [1.165, 1.54) is 11.0 Å². The van der Waals surface area contributed by atoms with E-state index in [0.717, 1.165) is 39.3 Å². The van der Waals surface area contributed by atoms with Crippen LogP contribution in [0, 0.1) is 0 Å². The molecule has 10 heteroatoms. The van der Waals surface area contributed by atoms with E-state index < -0.39 is 27.7 Å². The van der Waals surface area contributed by atoms with Gasteiger partial charge < -0.3 is 10.0 Å². The second-order valence-electron chi connectivity index (χ2n) is 7.43. The zero-order valence-corrected chi connectivity index (χ0v) is 17.5. The van der Waals surface area contributed by atoms with Gasteiger partial charge in [-0.2, -0.15) is 17.5 Å². The number of halogens is 3. The summed E-state index contributed by atoms with van der Waals surface area (Å²) in [6.45, 7) is 0.156. The van der Waals surface area contributed by atoms with Crippen LogP contribution in [0.5, 0.6) is 5.75 Å². The lowest BCUT2D eigenvalue weighted by Crippen LogP contribution is -2.50. The second-order valence-corrected chi connectivity index (χ2v) is 9.37. The molecule has 4 rings (SSSR count). The molecule has 0 radical (unpaired) electrons. The van der Waals surface area contributed by atoms with Crippen LogP contribution in [0.4, 0.5) is 13.2 Å². The Kier molecular flexibility index (Phi) is 5.59. The number of fused-ring (bicyclic) bond motifs is 1. The molecule has 1 fully saturated rings. The number of benzene rings is 3. The first-order valence-electron chi connectivity index (χ1n) is 9.76. The molecule has 168 valence electrons. The number of nitrogens with zero attached hydrogens (tertiary/aromatic N) is 2. The normalized spacial score (nSPS) is 15.8. The summed E-state index contributed by atoms with van der Waals surface area (Å²) in [6.07, 6.45) is -4.55. The van der Waals surface area contributed by atoms with Crippen molar-refractivity contribution in [2.45, 2.75) is 11.1 Å². The molecule has 1 N–H and O–H groups in total. The van der Waals surface area contributed by atoms with Crippen LogP contribution in [0.15, 0.2) is 65.6 Å². The van der Waals surface area contributed by atoms with Crippen molar-refractivity contribution in [2.24, 2.45) is 0 Å². The highest BCUT2D eigenvalue weighted by atomic mass is 32.2. The van der Waals surface area contributed by atoms with Gasteiger partial charge in [0.15, 0.2) is 0 Å². The van der Waals surface area contributed by atoms with E-state index in [-0.39, 0.29) is 42.4 Å². The molecule has 0 aliphatic carbocycles. The standard InChI is InChI=1S/C22H19F3N2O4S/c23-22(24,25)17-5-7-18(8-6-17)32(30,31)27-11-9-26(10-12-27)21(29)19-13-15-3-1-2-4-16(15)14-20(19)28/h1-8,13-14,28H,9-12H2. The van der Waals surface area contributed by atoms with Crippen LogP contribution in [0.25, 0.3) is 10.8 Å². The topological polar surface area (TPSA) is 77.9 Å². The van der Waals surface area contributed by atoms with Gasteiger partial charge in [-0.05, 0) is 47.2 Å². The number of sulfonamides is 1. The molecule has 1 aliphatic rings. The van der Waals surface area contributed by atoms with Crippen LogP contribution in [0.1, 0.15) is 15.9 Å². The first-order chi connectivity index (χ1) is 15.1. The third-order valence-corrected chi connectivity index (χ3v) is 7.35. The SMILES string of the molecule is O=C(c1cc2ccccc2cc1O)N1CCN(S(=O)(=O)c2ccc(C(F)(F)F)cc2)CC1. The number of rotatable bonds is 3. The van der Waals surface area contributed by atoms with Gasteiger partial charge in [-0.25, -0.2) is 8.42 Å². The van der Waals surface area contributed by atoms with E-state index in [4.69, 9.17) is 0 Å². The Labute approximate surface area is 182 Å². The molecule has 1 amide bonds. The Morgan fingerprint density at radius 2 is 1.44 bits per heavy atom. The van der Waals surface area contributed by atoms with E-state index in [1.54, 1.807) is 6.07 Å². The molecular formula is C22H19F3N2O4S. The Morgan fingerprint density at radius 1 is 0.875 bits per heavy atom. The molecule has 0 spiro atoms. The quantitative estimate of drug-likeness (QED) is 0.641. The van der Waals surface area contributed by atoms with Gasteiger partial charge in [0.1, 0.15) is 5.75 Å². The molecule has 3 aromatic rings. The maximum Gasteiger partial charge on any atom is 0.416 e. The number of phenolic OH excluding ortho intramolecular Hbond substituents is 1. The van der Waals surface area contributed by atoms with Crippen LogP contribution in [0.2, 0.25) is 0 Å². The predicted molar refractivity (Wildman–Crippen MR) is 112 cm³/mol. The second kappa shape index (κ2) is 8.10. The van der Waals surface area contributed by atoms with E-state index >= 15 is 0 Å². The number of carbonyl (C=O) groups is 1. The summed E-state index contributed by atoms with van der Waals surface area (Å²) < 4.78 is 64.9. The van der Waals surface area contributed by atoms with Crippen LogP contribution >= 0.6 is 0 Å². The Balaban J connectivity index is 1.48. The highest BCUT2D eigenvalue weighted by Gasteiger charge is 2.33. The highest BCUT2D eigenvalue weighted by Crippen LogP contribution is 2.31. The van der Waals surface area contributed by atoms with Crippen LogP contribution in [0.3, 0.4) is 0 Å². The molecule has 0 saturated carbocycles. The monoisotopic (exact) mass is 464 g/mol. The molecule has 32 heavy (non-hydrogen) atoms. The van der Waals surface area contributed by atoms with Gasteiger partial charge in [-0.3, -0.25) is 4.79 Å². The number of alkyl halides is 3. The van der Waals surface area contributed by atoms with Crippen LogP contribution in [-0.4, -0.2) is 54.8 Å². The molecule has 6 nitrogen and oxygen atoms in total. The van der Waals surface area contributed by atoms with Gasteiger partial charge in [-0.1, -0.05) is 24.3 Å². The fourth-order valence-corrected chi connectivity index (χ4v) is 5.09. The average Bonchev–Trinajstić information content (AvgIpc) is 2.78. The van der Waals surface area contributed by atoms with Crippen molar-refractivity contribution in [3.05, 3.63) is 71.8 Å². The summed E-state index contributed by atoms with van der Waals surface area (Å²) >= 11 is 0. The third-order valence-electron chi connectivity index (χ3n) is 5.44. The van der Waals surface area contributed by atoms with Crippen molar-refractivity contribution in [3.63, 3.8) is 0 Å². The number of phenols is 1. The molecule has 3 aromatic carbocycles. The van der Waals surface area contributed by atoms with Gasteiger partial charge in [0.25, 0.3) is 5.91 Å². The summed E-state index contributed by atoms with van der Waals surface area (Å²) in [5.41, 5.74) is -0.801. The molecule has 1 heterocycles. The highest BCUT2D eigenvalue weighted by molar-refractivity contribution is 7.89. The summed E-state index contributed by atoms with van der Waals surface area (Å²) in [4.78, 5) is 14.1. The molecule has 0 unspecified atom stereocenters. The largest absolute Gasteiger partial charge is 0.507 e. The number of amides is 1. The van der Waals surface area contributed by atoms with E-state index in [1.807, 2.05) is 24.3 Å². The van der Waals surface area contributed by atoms with Gasteiger partial charge in [-0.15, -0.1) is 0 Å². The van der Waals surface area contributed by atoms with Gasteiger partial charge in [0, 0.05) is 26.2 Å². The minimum atomic E-state index is -4.55. The number of hydrogen-bond acceptors (Lipinski definition) is 4. The van der Waals surface area contributed by atoms with Crippen molar-refractivity contribution in [2.75, 3.05) is 26.2 Å². The lowest BCUT2D eigenvalue weighted by molar-refractivity contribution is -0.137. The molecular weight excluding hydrogens is 445 g/mol. The van der Waals surface area contributed by atoms with E-state index in [9.17, 15) is 31.5 Å². The van der Waals surface area contributed by atoms with Crippen molar-refractivity contribution >= 4 is 26.7 Å². The summed E-state index contributed by atoms with van der Waals surface area (Å²) in [5.74, 6) is -0.576. The van der Waals surface area contributed by atoms with Crippen LogP contribution in [-0.2, 0) is 16.2 Å². The fourth-order valence-electron chi connectivity index (χ4n) is 3.67. The number of hydrogen-bond donors (Lipinski definition) is 1. The average molecular weight is 464 g/mol. The van der Waals surface area contributed by atoms with Gasteiger partial charge in [0.2, 0.25) is 10.0 Å². The van der Waals surface area contributed by atoms with Crippen molar-refractivity contribution in [1.82, 2.24) is 9.21 Å². The van der Waals surface area contributed by atoms with E-state index in [2.05, 4.69) is 0 Å². The first-order valence-corrected chi connectivity index (χ1v) is 11.2. The predicted octanol–water partition coefficient (Wildman–Crippen LogP) is 3.71. The van der Waals surface area contributed by atoms with Crippen molar-refractivity contribution < 1.29 is 31.5 Å². The Morgan fingerprint density at radius 3 is 2.00 bits per heavy atom. The number of piperazine rings is 1. The molecule has 0 atom stereocenters. The first kappa shape index (κ1) is 22.1. The number of carbonyl (C=O) groups excluding carboxylic acids is 1. The summed E-state index contributed by atoms with van der Waals surface area (Å²) in [5, 5.41) is 11.9. The zero-order valence-electron chi connectivity index (χ0n) is 16.7. The van der Waals surface area contributed by atoms with Gasteiger partial charge in [0.05, 0.1) is 16.0 Å². The smallest absolute Gasteiger partial charge is 0.416 e. The maximum absolute atomic E-state index is 12.9. The molecule has 0 bridgehead atoms. The Hall–Kier alpha value is -3.11. The lowest BCUT2D eigenvalue weighted by atomic mass is 10.0.